The summed E-state index contributed by atoms with van der Waals surface area (Å²) < 4.78 is 5.82. The maximum absolute atomic E-state index is 11.5. The molecule has 8 nitrogen and oxygen atoms in total. The van der Waals surface area contributed by atoms with Crippen LogP contribution in [0.5, 0.6) is 11.5 Å². The number of H-pyrrole nitrogens is 1. The van der Waals surface area contributed by atoms with Gasteiger partial charge in [-0.25, -0.2) is 14.8 Å². The molecule has 0 bridgehead atoms. The highest BCUT2D eigenvalue weighted by atomic mass is 16.5. The van der Waals surface area contributed by atoms with E-state index in [-0.39, 0.29) is 11.4 Å². The lowest BCUT2D eigenvalue weighted by atomic mass is 10.2. The highest BCUT2D eigenvalue weighted by molar-refractivity contribution is 5.89. The number of carboxylic acids is 1. The van der Waals surface area contributed by atoms with Gasteiger partial charge in [-0.2, -0.15) is 0 Å². The van der Waals surface area contributed by atoms with Crippen LogP contribution in [0.25, 0.3) is 11.0 Å². The van der Waals surface area contributed by atoms with Crippen molar-refractivity contribution in [1.82, 2.24) is 20.3 Å². The van der Waals surface area contributed by atoms with Crippen molar-refractivity contribution in [2.45, 2.75) is 0 Å². The molecule has 8 heteroatoms. The van der Waals surface area contributed by atoms with E-state index in [2.05, 4.69) is 25.2 Å². The van der Waals surface area contributed by atoms with E-state index in [0.29, 0.717) is 5.75 Å². The molecule has 0 unspecified atom stereocenters. The Balaban J connectivity index is 1.68. The van der Waals surface area contributed by atoms with E-state index in [9.17, 15) is 9.90 Å². The third kappa shape index (κ3) is 3.11. The maximum atomic E-state index is 11.5. The number of ether oxygens (including phenoxy) is 1. The second-order valence-electron chi connectivity index (χ2n) is 5.77. The number of nitrogens with zero attached hydrogens (tertiary/aromatic N) is 3. The standard InChI is InChI=1S/C17H17N5O3/c23-17(24)15-14(8-12(9-20-15)22-5-3-18-4-6-22)25-13-7-11-1-2-19-16(11)21-10-13/h1-2,7-10,18H,3-6H2,(H,19,21)(H,23,24). The zero-order chi connectivity index (χ0) is 17.2. The Kier molecular flexibility index (Phi) is 3.95. The summed E-state index contributed by atoms with van der Waals surface area (Å²) in [6.07, 6.45) is 4.92. The number of carbonyl (C=O) groups is 1. The van der Waals surface area contributed by atoms with Crippen molar-refractivity contribution in [3.05, 3.63) is 42.5 Å². The summed E-state index contributed by atoms with van der Waals surface area (Å²) in [5.74, 6) is -0.452. The van der Waals surface area contributed by atoms with Crippen molar-refractivity contribution in [1.29, 1.82) is 0 Å². The Hall–Kier alpha value is -3.13. The van der Waals surface area contributed by atoms with E-state index in [1.165, 1.54) is 0 Å². The number of fused-ring (bicyclic) bond motifs is 1. The molecule has 0 atom stereocenters. The minimum Gasteiger partial charge on any atom is -0.476 e. The lowest BCUT2D eigenvalue weighted by Gasteiger charge is -2.29. The zero-order valence-corrected chi connectivity index (χ0v) is 13.4. The molecule has 1 saturated heterocycles. The van der Waals surface area contributed by atoms with Crippen LogP contribution >= 0.6 is 0 Å². The first-order chi connectivity index (χ1) is 12.2. The van der Waals surface area contributed by atoms with Crippen molar-refractivity contribution in [2.24, 2.45) is 0 Å². The van der Waals surface area contributed by atoms with E-state index in [0.717, 1.165) is 42.9 Å². The molecule has 128 valence electrons. The molecule has 1 aliphatic rings. The van der Waals surface area contributed by atoms with E-state index in [1.807, 2.05) is 12.1 Å². The van der Waals surface area contributed by atoms with Gasteiger partial charge in [0.1, 0.15) is 11.4 Å². The molecule has 3 aromatic rings. The number of aromatic carboxylic acids is 1. The number of anilines is 1. The lowest BCUT2D eigenvalue weighted by molar-refractivity contribution is 0.0687. The van der Waals surface area contributed by atoms with Crippen LogP contribution in [0.4, 0.5) is 5.69 Å². The van der Waals surface area contributed by atoms with Gasteiger partial charge in [-0.05, 0) is 12.1 Å². The van der Waals surface area contributed by atoms with Crippen LogP contribution in [0.1, 0.15) is 10.5 Å². The monoisotopic (exact) mass is 339 g/mol. The number of aromatic amines is 1. The van der Waals surface area contributed by atoms with Crippen LogP contribution in [0.3, 0.4) is 0 Å². The quantitative estimate of drug-likeness (QED) is 0.666. The molecule has 1 aliphatic heterocycles. The molecular formula is C17H17N5O3. The Bertz CT molecular complexity index is 918. The minimum absolute atomic E-state index is 0.118. The highest BCUT2D eigenvalue weighted by Gasteiger charge is 2.18. The summed E-state index contributed by atoms with van der Waals surface area (Å²) in [5, 5.41) is 13.6. The molecule has 25 heavy (non-hydrogen) atoms. The second kappa shape index (κ2) is 6.40. The van der Waals surface area contributed by atoms with Crippen LogP contribution in [0.15, 0.2) is 36.8 Å². The van der Waals surface area contributed by atoms with Crippen molar-refractivity contribution >= 4 is 22.7 Å². The molecule has 0 aliphatic carbocycles. The molecule has 4 heterocycles. The first-order valence-corrected chi connectivity index (χ1v) is 8.01. The molecule has 4 rings (SSSR count). The number of nitrogens with one attached hydrogen (secondary N) is 2. The van der Waals surface area contributed by atoms with Crippen LogP contribution in [-0.4, -0.2) is 52.2 Å². The van der Waals surface area contributed by atoms with Crippen LogP contribution in [0, 0.1) is 0 Å². The number of pyridine rings is 2. The first kappa shape index (κ1) is 15.4. The number of aromatic nitrogens is 3. The van der Waals surface area contributed by atoms with Crippen molar-refractivity contribution in [3.8, 4) is 11.5 Å². The largest absolute Gasteiger partial charge is 0.476 e. The van der Waals surface area contributed by atoms with Gasteiger partial charge in [-0.3, -0.25) is 0 Å². The summed E-state index contributed by atoms with van der Waals surface area (Å²) in [4.78, 5) is 25.0. The fraction of sp³-hybridized carbons (Fsp3) is 0.235. The highest BCUT2D eigenvalue weighted by Crippen LogP contribution is 2.29. The molecule has 1 fully saturated rings. The van der Waals surface area contributed by atoms with Crippen molar-refractivity contribution in [2.75, 3.05) is 31.1 Å². The van der Waals surface area contributed by atoms with Crippen LogP contribution in [-0.2, 0) is 0 Å². The van der Waals surface area contributed by atoms with Gasteiger partial charge in [0.05, 0.1) is 18.1 Å². The predicted octanol–water partition coefficient (Wildman–Crippen LogP) is 1.86. The Morgan fingerprint density at radius 1 is 1.20 bits per heavy atom. The number of hydrogen-bond acceptors (Lipinski definition) is 6. The normalized spacial score (nSPS) is 14.6. The van der Waals surface area contributed by atoms with Gasteiger partial charge < -0.3 is 25.0 Å². The Morgan fingerprint density at radius 3 is 2.84 bits per heavy atom. The first-order valence-electron chi connectivity index (χ1n) is 8.01. The smallest absolute Gasteiger partial charge is 0.358 e. The van der Waals surface area contributed by atoms with Crippen LogP contribution in [0.2, 0.25) is 0 Å². The van der Waals surface area contributed by atoms with E-state index in [1.54, 1.807) is 24.7 Å². The zero-order valence-electron chi connectivity index (χ0n) is 13.4. The molecule has 0 radical (unpaired) electrons. The lowest BCUT2D eigenvalue weighted by Crippen LogP contribution is -2.43. The van der Waals surface area contributed by atoms with E-state index >= 15 is 0 Å². The fourth-order valence-corrected chi connectivity index (χ4v) is 2.87. The number of piperazine rings is 1. The van der Waals surface area contributed by atoms with Gasteiger partial charge >= 0.3 is 5.97 Å². The van der Waals surface area contributed by atoms with Crippen LogP contribution < -0.4 is 15.0 Å². The third-order valence-electron chi connectivity index (χ3n) is 4.13. The molecule has 3 N–H and O–H groups in total. The molecule has 0 aromatic carbocycles. The molecule has 0 amide bonds. The second-order valence-corrected chi connectivity index (χ2v) is 5.77. The van der Waals surface area contributed by atoms with Gasteiger partial charge in [0.15, 0.2) is 11.4 Å². The average molecular weight is 339 g/mol. The molecular weight excluding hydrogens is 322 g/mol. The van der Waals surface area contributed by atoms with E-state index in [4.69, 9.17) is 4.74 Å². The summed E-state index contributed by atoms with van der Waals surface area (Å²) in [7, 11) is 0. The summed E-state index contributed by atoms with van der Waals surface area (Å²) in [6.45, 7) is 3.44. The topological polar surface area (TPSA) is 103 Å². The summed E-state index contributed by atoms with van der Waals surface area (Å²) in [5.41, 5.74) is 1.48. The predicted molar refractivity (Wildman–Crippen MR) is 92.4 cm³/mol. The van der Waals surface area contributed by atoms with Gasteiger partial charge in [-0.15, -0.1) is 0 Å². The van der Waals surface area contributed by atoms with Crippen molar-refractivity contribution < 1.29 is 14.6 Å². The number of hydrogen-bond donors (Lipinski definition) is 3. The van der Waals surface area contributed by atoms with Gasteiger partial charge in [0, 0.05) is 43.8 Å². The minimum atomic E-state index is -1.13. The SMILES string of the molecule is O=C(O)c1ncc(N2CCNCC2)cc1Oc1cnc2[nH]ccc2c1. The summed E-state index contributed by atoms with van der Waals surface area (Å²) in [6, 6.07) is 5.41. The summed E-state index contributed by atoms with van der Waals surface area (Å²) >= 11 is 0. The third-order valence-corrected chi connectivity index (χ3v) is 4.13. The van der Waals surface area contributed by atoms with E-state index < -0.39 is 5.97 Å². The van der Waals surface area contributed by atoms with Gasteiger partial charge in [-0.1, -0.05) is 0 Å². The molecule has 3 aromatic heterocycles. The van der Waals surface area contributed by atoms with Gasteiger partial charge in [0.2, 0.25) is 0 Å². The number of carboxylic acid groups (broad SMARTS) is 1. The molecule has 0 saturated carbocycles. The average Bonchev–Trinajstić information content (AvgIpc) is 3.10. The maximum Gasteiger partial charge on any atom is 0.358 e. The molecule has 0 spiro atoms. The van der Waals surface area contributed by atoms with Crippen molar-refractivity contribution in [3.63, 3.8) is 0 Å². The van der Waals surface area contributed by atoms with Gasteiger partial charge in [0.25, 0.3) is 0 Å². The number of rotatable bonds is 4. The fourth-order valence-electron chi connectivity index (χ4n) is 2.87. The Labute approximate surface area is 143 Å². The Morgan fingerprint density at radius 2 is 2.04 bits per heavy atom.